The lowest BCUT2D eigenvalue weighted by molar-refractivity contribution is 0.411. The summed E-state index contributed by atoms with van der Waals surface area (Å²) in [6.45, 7) is 2.23. The smallest absolute Gasteiger partial charge is 0.295 e. The third kappa shape index (κ3) is 1.96. The first-order valence-electron chi connectivity index (χ1n) is 6.28. The second-order valence-electron chi connectivity index (χ2n) is 4.78. The van der Waals surface area contributed by atoms with Gasteiger partial charge < -0.3 is 10.3 Å². The Labute approximate surface area is 104 Å². The molecule has 0 aliphatic heterocycles. The Kier molecular flexibility index (Phi) is 2.73. The highest BCUT2D eigenvalue weighted by atomic mass is 16.5. The van der Waals surface area contributed by atoms with Gasteiger partial charge in [0.2, 0.25) is 11.8 Å². The molecule has 3 rings (SSSR count). The van der Waals surface area contributed by atoms with Crippen molar-refractivity contribution in [2.75, 3.05) is 5.73 Å². The van der Waals surface area contributed by atoms with Crippen LogP contribution in [0.15, 0.2) is 4.52 Å². The van der Waals surface area contributed by atoms with Crippen LogP contribution >= 0.6 is 0 Å². The maximum Gasteiger partial charge on any atom is 0.295 e. The summed E-state index contributed by atoms with van der Waals surface area (Å²) in [5.74, 6) is 2.93. The van der Waals surface area contributed by atoms with Crippen molar-refractivity contribution in [2.45, 2.75) is 38.5 Å². The minimum Gasteiger partial charge on any atom is -0.366 e. The van der Waals surface area contributed by atoms with Crippen LogP contribution in [-0.2, 0) is 0 Å². The molecule has 2 aromatic rings. The number of nitrogens with zero attached hydrogens (tertiary/aromatic N) is 4. The van der Waals surface area contributed by atoms with Crippen molar-refractivity contribution in [3.8, 4) is 11.7 Å². The summed E-state index contributed by atoms with van der Waals surface area (Å²) >= 11 is 0. The lowest BCUT2D eigenvalue weighted by Gasteiger charge is -2.04. The third-order valence-electron chi connectivity index (χ3n) is 3.63. The number of anilines is 1. The molecule has 0 spiro atoms. The molecule has 0 amide bonds. The van der Waals surface area contributed by atoms with E-state index in [1.54, 1.807) is 0 Å². The first-order chi connectivity index (χ1) is 8.76. The fraction of sp³-hybridized carbons (Fsp3) is 0.636. The van der Waals surface area contributed by atoms with Crippen LogP contribution in [0.4, 0.5) is 5.95 Å². The molecule has 7 heteroatoms. The van der Waals surface area contributed by atoms with Crippen molar-refractivity contribution in [3.05, 3.63) is 5.82 Å². The molecular formula is C11H16N6O. The molecule has 2 unspecified atom stereocenters. The molecule has 1 fully saturated rings. The molecule has 0 bridgehead atoms. The minimum atomic E-state index is 0.177. The number of nitrogens with two attached hydrogens (primary N) is 1. The molecule has 2 aromatic heterocycles. The molecule has 7 nitrogen and oxygen atoms in total. The molecular weight excluding hydrogens is 232 g/mol. The van der Waals surface area contributed by atoms with Gasteiger partial charge in [-0.3, -0.25) is 5.10 Å². The molecule has 0 saturated heterocycles. The normalized spacial score (nSPS) is 23.6. The Balaban J connectivity index is 1.78. The number of hydrogen-bond donors (Lipinski definition) is 2. The number of aromatic amines is 1. The lowest BCUT2D eigenvalue weighted by atomic mass is 10.0. The van der Waals surface area contributed by atoms with E-state index in [1.165, 1.54) is 12.8 Å². The van der Waals surface area contributed by atoms with Gasteiger partial charge in [-0.1, -0.05) is 18.5 Å². The molecule has 1 aliphatic rings. The zero-order chi connectivity index (χ0) is 12.5. The van der Waals surface area contributed by atoms with Crippen molar-refractivity contribution in [2.24, 2.45) is 5.92 Å². The Morgan fingerprint density at radius 3 is 2.94 bits per heavy atom. The molecule has 0 aromatic carbocycles. The monoisotopic (exact) mass is 248 g/mol. The van der Waals surface area contributed by atoms with Crippen LogP contribution in [0.3, 0.4) is 0 Å². The predicted octanol–water partition coefficient (Wildman–Crippen LogP) is 1.73. The average molecular weight is 248 g/mol. The van der Waals surface area contributed by atoms with Gasteiger partial charge in [0.15, 0.2) is 5.82 Å². The van der Waals surface area contributed by atoms with Gasteiger partial charge in [0.05, 0.1) is 0 Å². The van der Waals surface area contributed by atoms with Gasteiger partial charge in [0.1, 0.15) is 0 Å². The van der Waals surface area contributed by atoms with Gasteiger partial charge in [-0.2, -0.15) is 9.97 Å². The van der Waals surface area contributed by atoms with E-state index in [2.05, 4.69) is 32.2 Å². The maximum absolute atomic E-state index is 5.44. The lowest BCUT2D eigenvalue weighted by Crippen LogP contribution is -1.97. The Bertz CT molecular complexity index is 533. The van der Waals surface area contributed by atoms with Gasteiger partial charge in [-0.05, 0) is 25.2 Å². The zero-order valence-corrected chi connectivity index (χ0v) is 10.3. The van der Waals surface area contributed by atoms with E-state index < -0.39 is 0 Å². The molecule has 2 heterocycles. The highest BCUT2D eigenvalue weighted by Gasteiger charge is 2.28. The van der Waals surface area contributed by atoms with E-state index in [0.29, 0.717) is 17.6 Å². The van der Waals surface area contributed by atoms with Crippen LogP contribution in [0, 0.1) is 5.92 Å². The minimum absolute atomic E-state index is 0.177. The number of H-pyrrole nitrogens is 1. The topological polar surface area (TPSA) is 107 Å². The van der Waals surface area contributed by atoms with E-state index in [9.17, 15) is 0 Å². The molecule has 2 atom stereocenters. The summed E-state index contributed by atoms with van der Waals surface area (Å²) in [5, 5.41) is 10.4. The third-order valence-corrected chi connectivity index (χ3v) is 3.63. The van der Waals surface area contributed by atoms with Gasteiger partial charge in [0.25, 0.3) is 5.89 Å². The fourth-order valence-electron chi connectivity index (χ4n) is 2.55. The standard InChI is InChI=1S/C11H16N6O/c1-2-6-3-4-7(5-6)8-13-10(18-17-8)9-14-11(12)16-15-9/h6-7H,2-5H2,1H3,(H3,12,14,15,16). The summed E-state index contributed by atoms with van der Waals surface area (Å²) in [4.78, 5) is 8.34. The fourth-order valence-corrected chi connectivity index (χ4v) is 2.55. The number of hydrogen-bond acceptors (Lipinski definition) is 6. The van der Waals surface area contributed by atoms with Crippen LogP contribution in [0.2, 0.25) is 0 Å². The molecule has 1 aliphatic carbocycles. The van der Waals surface area contributed by atoms with Crippen molar-refractivity contribution in [3.63, 3.8) is 0 Å². The average Bonchev–Trinajstić information content (AvgIpc) is 3.07. The van der Waals surface area contributed by atoms with E-state index in [1.807, 2.05) is 0 Å². The highest BCUT2D eigenvalue weighted by Crippen LogP contribution is 2.38. The van der Waals surface area contributed by atoms with Crippen LogP contribution in [-0.4, -0.2) is 25.3 Å². The quantitative estimate of drug-likeness (QED) is 0.856. The van der Waals surface area contributed by atoms with Crippen molar-refractivity contribution in [1.29, 1.82) is 0 Å². The highest BCUT2D eigenvalue weighted by molar-refractivity contribution is 5.41. The first-order valence-corrected chi connectivity index (χ1v) is 6.28. The molecule has 96 valence electrons. The second kappa shape index (κ2) is 4.40. The van der Waals surface area contributed by atoms with E-state index in [0.717, 1.165) is 24.6 Å². The number of aromatic nitrogens is 5. The Morgan fingerprint density at radius 2 is 2.28 bits per heavy atom. The van der Waals surface area contributed by atoms with Gasteiger partial charge in [-0.25, -0.2) is 0 Å². The molecule has 1 saturated carbocycles. The largest absolute Gasteiger partial charge is 0.366 e. The molecule has 0 radical (unpaired) electrons. The van der Waals surface area contributed by atoms with Crippen LogP contribution in [0.1, 0.15) is 44.3 Å². The maximum atomic E-state index is 5.44. The van der Waals surface area contributed by atoms with Gasteiger partial charge >= 0.3 is 0 Å². The first kappa shape index (κ1) is 11.2. The number of nitrogens with one attached hydrogen (secondary N) is 1. The van der Waals surface area contributed by atoms with E-state index in [-0.39, 0.29) is 5.95 Å². The van der Waals surface area contributed by atoms with Crippen molar-refractivity contribution >= 4 is 5.95 Å². The van der Waals surface area contributed by atoms with E-state index in [4.69, 9.17) is 10.3 Å². The summed E-state index contributed by atoms with van der Waals surface area (Å²) in [6, 6.07) is 0. The number of rotatable bonds is 3. The van der Waals surface area contributed by atoms with Crippen molar-refractivity contribution < 1.29 is 4.52 Å². The van der Waals surface area contributed by atoms with Gasteiger partial charge in [0, 0.05) is 5.92 Å². The number of nitrogen functional groups attached to an aromatic ring is 1. The molecule has 3 N–H and O–H groups in total. The summed E-state index contributed by atoms with van der Waals surface area (Å²) < 4.78 is 5.19. The summed E-state index contributed by atoms with van der Waals surface area (Å²) in [7, 11) is 0. The Morgan fingerprint density at radius 1 is 1.39 bits per heavy atom. The van der Waals surface area contributed by atoms with Crippen LogP contribution < -0.4 is 5.73 Å². The second-order valence-corrected chi connectivity index (χ2v) is 4.78. The van der Waals surface area contributed by atoms with Gasteiger partial charge in [-0.15, -0.1) is 5.10 Å². The SMILES string of the molecule is CCC1CCC(c2noc(-c3nc(N)n[nH]3)n2)C1. The molecule has 18 heavy (non-hydrogen) atoms. The Hall–Kier alpha value is -1.92. The summed E-state index contributed by atoms with van der Waals surface area (Å²) in [5.41, 5.74) is 5.44. The zero-order valence-electron chi connectivity index (χ0n) is 10.3. The summed E-state index contributed by atoms with van der Waals surface area (Å²) in [6.07, 6.45) is 4.75. The van der Waals surface area contributed by atoms with Crippen LogP contribution in [0.25, 0.3) is 11.7 Å². The van der Waals surface area contributed by atoms with E-state index >= 15 is 0 Å². The predicted molar refractivity (Wildman–Crippen MR) is 64.5 cm³/mol. The van der Waals surface area contributed by atoms with Crippen LogP contribution in [0.5, 0.6) is 0 Å². The van der Waals surface area contributed by atoms with Crippen molar-refractivity contribution in [1.82, 2.24) is 25.3 Å².